The standard InChI is InChI=1S/C7H12N2O4/c1-13-4-8-6(10)5-2-9(3-5)7(11)12/h5H,2-4H2,1H3,(H,8,10)(H,11,12). The summed E-state index contributed by atoms with van der Waals surface area (Å²) in [5, 5.41) is 11.0. The maximum Gasteiger partial charge on any atom is 0.407 e. The molecule has 0 radical (unpaired) electrons. The molecule has 0 aromatic carbocycles. The van der Waals surface area contributed by atoms with Gasteiger partial charge in [-0.25, -0.2) is 4.79 Å². The number of carboxylic acid groups (broad SMARTS) is 1. The summed E-state index contributed by atoms with van der Waals surface area (Å²) >= 11 is 0. The van der Waals surface area contributed by atoms with Crippen LogP contribution in [0.3, 0.4) is 0 Å². The van der Waals surface area contributed by atoms with Gasteiger partial charge in [0.25, 0.3) is 0 Å². The zero-order valence-corrected chi connectivity index (χ0v) is 7.32. The first-order valence-electron chi connectivity index (χ1n) is 3.89. The summed E-state index contributed by atoms with van der Waals surface area (Å²) < 4.78 is 4.64. The molecule has 1 aliphatic heterocycles. The lowest BCUT2D eigenvalue weighted by atomic mass is 10.0. The summed E-state index contributed by atoms with van der Waals surface area (Å²) in [6.07, 6.45) is -0.976. The average Bonchev–Trinajstić information content (AvgIpc) is 1.97. The van der Waals surface area contributed by atoms with Gasteiger partial charge in [0.2, 0.25) is 5.91 Å². The largest absolute Gasteiger partial charge is 0.465 e. The number of hydrogen-bond donors (Lipinski definition) is 2. The van der Waals surface area contributed by atoms with Crippen LogP contribution in [0.15, 0.2) is 0 Å². The van der Waals surface area contributed by atoms with E-state index in [0.717, 1.165) is 0 Å². The van der Waals surface area contributed by atoms with E-state index in [0.29, 0.717) is 0 Å². The first-order chi connectivity index (χ1) is 6.15. The van der Waals surface area contributed by atoms with Gasteiger partial charge in [-0.2, -0.15) is 0 Å². The lowest BCUT2D eigenvalue weighted by Gasteiger charge is -2.35. The molecule has 1 heterocycles. The van der Waals surface area contributed by atoms with Crippen LogP contribution in [0.2, 0.25) is 0 Å². The van der Waals surface area contributed by atoms with Crippen LogP contribution in [-0.4, -0.2) is 48.9 Å². The smallest absolute Gasteiger partial charge is 0.407 e. The van der Waals surface area contributed by atoms with E-state index >= 15 is 0 Å². The molecule has 6 heteroatoms. The predicted molar refractivity (Wildman–Crippen MR) is 43.1 cm³/mol. The van der Waals surface area contributed by atoms with Crippen LogP contribution in [-0.2, 0) is 9.53 Å². The zero-order valence-electron chi connectivity index (χ0n) is 7.32. The van der Waals surface area contributed by atoms with Crippen LogP contribution in [0.4, 0.5) is 4.79 Å². The van der Waals surface area contributed by atoms with Gasteiger partial charge < -0.3 is 20.1 Å². The number of carbonyl (C=O) groups is 2. The lowest BCUT2D eigenvalue weighted by molar-refractivity contribution is -0.130. The van der Waals surface area contributed by atoms with E-state index in [1.54, 1.807) is 0 Å². The van der Waals surface area contributed by atoms with E-state index in [1.807, 2.05) is 0 Å². The number of amides is 2. The van der Waals surface area contributed by atoms with Crippen LogP contribution in [0, 0.1) is 5.92 Å². The minimum absolute atomic E-state index is 0.153. The molecule has 1 rings (SSSR count). The molecule has 1 saturated heterocycles. The highest BCUT2D eigenvalue weighted by Crippen LogP contribution is 2.14. The second-order valence-corrected chi connectivity index (χ2v) is 2.86. The first kappa shape index (κ1) is 9.79. The van der Waals surface area contributed by atoms with E-state index in [1.165, 1.54) is 12.0 Å². The van der Waals surface area contributed by atoms with Crippen molar-refractivity contribution in [3.8, 4) is 0 Å². The molecule has 0 atom stereocenters. The second-order valence-electron chi connectivity index (χ2n) is 2.86. The fraction of sp³-hybridized carbons (Fsp3) is 0.714. The molecule has 0 aromatic rings. The molecular weight excluding hydrogens is 176 g/mol. The molecule has 6 nitrogen and oxygen atoms in total. The molecule has 0 spiro atoms. The van der Waals surface area contributed by atoms with Crippen LogP contribution in [0.1, 0.15) is 0 Å². The van der Waals surface area contributed by atoms with E-state index in [9.17, 15) is 9.59 Å². The summed E-state index contributed by atoms with van der Waals surface area (Å²) in [6.45, 7) is 0.734. The van der Waals surface area contributed by atoms with Gasteiger partial charge >= 0.3 is 6.09 Å². The number of methoxy groups -OCH3 is 1. The monoisotopic (exact) mass is 188 g/mol. The van der Waals surface area contributed by atoms with E-state index < -0.39 is 6.09 Å². The SMILES string of the molecule is COCNC(=O)C1CN(C(=O)O)C1. The number of carbonyl (C=O) groups excluding carboxylic acids is 1. The summed E-state index contributed by atoms with van der Waals surface area (Å²) in [6, 6.07) is 0. The topological polar surface area (TPSA) is 78.9 Å². The fourth-order valence-electron chi connectivity index (χ4n) is 1.09. The van der Waals surface area contributed by atoms with Gasteiger partial charge in [0, 0.05) is 20.2 Å². The van der Waals surface area contributed by atoms with Gasteiger partial charge in [-0.3, -0.25) is 4.79 Å². The minimum Gasteiger partial charge on any atom is -0.465 e. The molecule has 0 unspecified atom stereocenters. The van der Waals surface area contributed by atoms with Gasteiger partial charge in [-0.15, -0.1) is 0 Å². The molecule has 0 bridgehead atoms. The van der Waals surface area contributed by atoms with Crippen molar-refractivity contribution in [3.63, 3.8) is 0 Å². The highest BCUT2D eigenvalue weighted by Gasteiger charge is 2.35. The molecule has 0 saturated carbocycles. The molecule has 2 amide bonds. The molecule has 74 valence electrons. The van der Waals surface area contributed by atoms with Crippen molar-refractivity contribution in [3.05, 3.63) is 0 Å². The van der Waals surface area contributed by atoms with E-state index in [4.69, 9.17) is 5.11 Å². The van der Waals surface area contributed by atoms with Crippen LogP contribution in [0.25, 0.3) is 0 Å². The Morgan fingerprint density at radius 2 is 2.23 bits per heavy atom. The highest BCUT2D eigenvalue weighted by molar-refractivity contribution is 5.82. The number of rotatable bonds is 3. The first-order valence-corrected chi connectivity index (χ1v) is 3.89. The Kier molecular flexibility index (Phi) is 3.07. The second kappa shape index (κ2) is 4.08. The van der Waals surface area contributed by atoms with Crippen molar-refractivity contribution < 1.29 is 19.4 Å². The summed E-state index contributed by atoms with van der Waals surface area (Å²) in [4.78, 5) is 22.7. The molecular formula is C7H12N2O4. The van der Waals surface area contributed by atoms with Gasteiger partial charge in [-0.05, 0) is 0 Å². The predicted octanol–water partition coefficient (Wildman–Crippen LogP) is -0.684. The number of likely N-dealkylation sites (tertiary alicyclic amines) is 1. The molecule has 13 heavy (non-hydrogen) atoms. The maximum absolute atomic E-state index is 11.1. The van der Waals surface area contributed by atoms with Gasteiger partial charge in [0.15, 0.2) is 0 Å². The average molecular weight is 188 g/mol. The fourth-order valence-corrected chi connectivity index (χ4v) is 1.09. The van der Waals surface area contributed by atoms with E-state index in [2.05, 4.69) is 10.1 Å². The third kappa shape index (κ3) is 2.32. The van der Waals surface area contributed by atoms with Crippen LogP contribution in [0.5, 0.6) is 0 Å². The Morgan fingerprint density at radius 3 is 2.69 bits per heavy atom. The molecule has 1 fully saturated rings. The van der Waals surface area contributed by atoms with Crippen molar-refractivity contribution in [2.75, 3.05) is 26.9 Å². The van der Waals surface area contributed by atoms with Crippen molar-refractivity contribution in [2.45, 2.75) is 0 Å². The van der Waals surface area contributed by atoms with E-state index in [-0.39, 0.29) is 31.6 Å². The molecule has 0 aromatic heterocycles. The minimum atomic E-state index is -0.976. The summed E-state index contributed by atoms with van der Waals surface area (Å²) in [7, 11) is 1.48. The van der Waals surface area contributed by atoms with Gasteiger partial charge in [-0.1, -0.05) is 0 Å². The van der Waals surface area contributed by atoms with Crippen molar-refractivity contribution >= 4 is 12.0 Å². The maximum atomic E-state index is 11.1. The Bertz CT molecular complexity index is 213. The molecule has 2 N–H and O–H groups in total. The summed E-state index contributed by atoms with van der Waals surface area (Å²) in [5.41, 5.74) is 0. The Hall–Kier alpha value is -1.30. The normalized spacial score (nSPS) is 16.5. The number of nitrogens with zero attached hydrogens (tertiary/aromatic N) is 1. The van der Waals surface area contributed by atoms with Crippen molar-refractivity contribution in [2.24, 2.45) is 5.92 Å². The third-order valence-corrected chi connectivity index (χ3v) is 1.91. The van der Waals surface area contributed by atoms with Gasteiger partial charge in [0.1, 0.15) is 6.73 Å². The Labute approximate surface area is 75.5 Å². The number of ether oxygens (including phenoxy) is 1. The quantitative estimate of drug-likeness (QED) is 0.575. The highest BCUT2D eigenvalue weighted by atomic mass is 16.5. The molecule has 1 aliphatic rings. The number of hydrogen-bond acceptors (Lipinski definition) is 3. The third-order valence-electron chi connectivity index (χ3n) is 1.91. The number of nitrogens with one attached hydrogen (secondary N) is 1. The summed E-state index contributed by atoms with van der Waals surface area (Å²) in [5.74, 6) is -0.370. The van der Waals surface area contributed by atoms with Crippen molar-refractivity contribution in [1.82, 2.24) is 10.2 Å². The Morgan fingerprint density at radius 1 is 1.62 bits per heavy atom. The van der Waals surface area contributed by atoms with Crippen LogP contribution < -0.4 is 5.32 Å². The Balaban J connectivity index is 2.19. The van der Waals surface area contributed by atoms with Gasteiger partial charge in [0.05, 0.1) is 5.92 Å². The lowest BCUT2D eigenvalue weighted by Crippen LogP contribution is -2.55. The van der Waals surface area contributed by atoms with Crippen molar-refractivity contribution in [1.29, 1.82) is 0 Å². The zero-order chi connectivity index (χ0) is 9.84. The molecule has 0 aliphatic carbocycles. The van der Waals surface area contributed by atoms with Crippen LogP contribution >= 0.6 is 0 Å².